The summed E-state index contributed by atoms with van der Waals surface area (Å²) in [6, 6.07) is 16.1. The molecule has 1 N–H and O–H groups in total. The molecule has 1 fully saturated rings. The molecule has 0 atom stereocenters. The van der Waals surface area contributed by atoms with Crippen molar-refractivity contribution < 1.29 is 23.5 Å². The molecule has 0 radical (unpaired) electrons. The molecule has 4 rings (SSSR count). The lowest BCUT2D eigenvalue weighted by Crippen LogP contribution is -2.49. The van der Waals surface area contributed by atoms with Crippen LogP contribution in [0.15, 0.2) is 60.7 Å². The fourth-order valence-corrected chi connectivity index (χ4v) is 4.19. The van der Waals surface area contributed by atoms with E-state index in [0.29, 0.717) is 52.1 Å². The van der Waals surface area contributed by atoms with Crippen molar-refractivity contribution >= 4 is 34.9 Å². The molecule has 3 aromatic carbocycles. The fraction of sp³-hybridized carbons (Fsp3) is 0.231. The Kier molecular flexibility index (Phi) is 7.41. The number of urea groups is 1. The Morgan fingerprint density at radius 3 is 2.43 bits per heavy atom. The summed E-state index contributed by atoms with van der Waals surface area (Å²) in [4.78, 5) is 29.2. The smallest absolute Gasteiger partial charge is 0.324 e. The molecule has 0 unspecified atom stereocenters. The average molecular weight is 498 g/mol. The van der Waals surface area contributed by atoms with E-state index in [4.69, 9.17) is 21.1 Å². The molecular weight excluding hydrogens is 473 g/mol. The second kappa shape index (κ2) is 10.7. The van der Waals surface area contributed by atoms with Gasteiger partial charge in [-0.1, -0.05) is 29.8 Å². The van der Waals surface area contributed by atoms with Gasteiger partial charge in [-0.25, -0.2) is 9.18 Å². The van der Waals surface area contributed by atoms with Crippen molar-refractivity contribution in [1.82, 2.24) is 4.90 Å². The number of anilines is 2. The van der Waals surface area contributed by atoms with E-state index in [1.165, 1.54) is 20.3 Å². The number of nitrogens with zero attached hydrogens (tertiary/aromatic N) is 2. The van der Waals surface area contributed by atoms with Gasteiger partial charge in [0, 0.05) is 36.0 Å². The summed E-state index contributed by atoms with van der Waals surface area (Å²) in [5.41, 5.74) is 1.94. The highest BCUT2D eigenvalue weighted by Gasteiger charge is 2.27. The van der Waals surface area contributed by atoms with Crippen molar-refractivity contribution in [3.8, 4) is 11.5 Å². The fourth-order valence-electron chi connectivity index (χ4n) is 3.95. The number of ether oxygens (including phenoxy) is 2. The lowest BCUT2D eigenvalue weighted by atomic mass is 10.1. The topological polar surface area (TPSA) is 71.1 Å². The number of hydrogen-bond acceptors (Lipinski definition) is 4. The first kappa shape index (κ1) is 24.3. The molecular formula is C26H25ClFN3O4. The molecule has 9 heteroatoms. The quantitative estimate of drug-likeness (QED) is 0.462. The maximum atomic E-state index is 14.1. The summed E-state index contributed by atoms with van der Waals surface area (Å²) in [6.45, 7) is 1.30. The Balaban J connectivity index is 1.46. The lowest BCUT2D eigenvalue weighted by molar-refractivity contribution is 0.102. The van der Waals surface area contributed by atoms with Crippen LogP contribution in [0.3, 0.4) is 0 Å². The second-order valence-electron chi connectivity index (χ2n) is 7.99. The van der Waals surface area contributed by atoms with Gasteiger partial charge in [-0.05, 0) is 42.8 Å². The second-order valence-corrected chi connectivity index (χ2v) is 8.40. The summed E-state index contributed by atoms with van der Waals surface area (Å²) in [6.07, 6.45) is 0.750. The maximum Gasteiger partial charge on any atom is 0.324 e. The number of hydrogen-bond donors (Lipinski definition) is 1. The predicted molar refractivity (Wildman–Crippen MR) is 133 cm³/mol. The van der Waals surface area contributed by atoms with E-state index < -0.39 is 0 Å². The standard InChI is InChI=1S/C26H25ClFN3O4/c1-34-23-15-24(35-2)22(14-20(23)27)29-25(32)17-8-10-19(11-9-17)31-13-5-12-30(26(31)33)16-18-6-3-4-7-21(18)28/h3-4,6-11,14-15H,5,12-13,16H2,1-2H3,(H,29,32). The molecule has 0 spiro atoms. The number of amides is 3. The maximum absolute atomic E-state index is 14.1. The van der Waals surface area contributed by atoms with E-state index >= 15 is 0 Å². The molecule has 1 saturated heterocycles. The van der Waals surface area contributed by atoms with Crippen LogP contribution in [0.1, 0.15) is 22.3 Å². The van der Waals surface area contributed by atoms with Gasteiger partial charge in [-0.15, -0.1) is 0 Å². The van der Waals surface area contributed by atoms with Gasteiger partial charge in [0.15, 0.2) is 0 Å². The van der Waals surface area contributed by atoms with Crippen LogP contribution in [0.25, 0.3) is 0 Å². The highest BCUT2D eigenvalue weighted by molar-refractivity contribution is 6.32. The van der Waals surface area contributed by atoms with Gasteiger partial charge in [0.25, 0.3) is 5.91 Å². The van der Waals surface area contributed by atoms with Crippen molar-refractivity contribution in [2.24, 2.45) is 0 Å². The first-order chi connectivity index (χ1) is 16.9. The Hall–Kier alpha value is -3.78. The third-order valence-electron chi connectivity index (χ3n) is 5.79. The monoisotopic (exact) mass is 497 g/mol. The summed E-state index contributed by atoms with van der Waals surface area (Å²) < 4.78 is 24.6. The van der Waals surface area contributed by atoms with E-state index in [-0.39, 0.29) is 24.3 Å². The van der Waals surface area contributed by atoms with Gasteiger partial charge in [0.2, 0.25) is 0 Å². The van der Waals surface area contributed by atoms with Crippen LogP contribution in [0.2, 0.25) is 5.02 Å². The van der Waals surface area contributed by atoms with Crippen molar-refractivity contribution in [1.29, 1.82) is 0 Å². The van der Waals surface area contributed by atoms with Gasteiger partial charge in [0.05, 0.1) is 31.5 Å². The van der Waals surface area contributed by atoms with Crippen LogP contribution in [-0.2, 0) is 6.54 Å². The third kappa shape index (κ3) is 5.33. The van der Waals surface area contributed by atoms with Crippen LogP contribution >= 0.6 is 11.6 Å². The van der Waals surface area contributed by atoms with E-state index in [1.54, 1.807) is 64.4 Å². The number of halogens is 2. The molecule has 0 saturated carbocycles. The summed E-state index contributed by atoms with van der Waals surface area (Å²) in [5.74, 6) is 0.149. The van der Waals surface area contributed by atoms with Crippen LogP contribution in [-0.4, -0.2) is 44.1 Å². The number of carbonyl (C=O) groups excluding carboxylic acids is 2. The molecule has 1 aliphatic heterocycles. The molecule has 0 aliphatic carbocycles. The number of methoxy groups -OCH3 is 2. The van der Waals surface area contributed by atoms with E-state index in [1.807, 2.05) is 0 Å². The molecule has 0 aromatic heterocycles. The van der Waals surface area contributed by atoms with Crippen molar-refractivity contribution in [2.75, 3.05) is 37.5 Å². The minimum atomic E-state index is -0.359. The SMILES string of the molecule is COc1cc(OC)c(NC(=O)c2ccc(N3CCCN(Cc4ccccc4F)C3=O)cc2)cc1Cl. The molecule has 35 heavy (non-hydrogen) atoms. The first-order valence-electron chi connectivity index (χ1n) is 11.0. The number of rotatable bonds is 7. The minimum Gasteiger partial charge on any atom is -0.495 e. The number of benzene rings is 3. The molecule has 0 bridgehead atoms. The van der Waals surface area contributed by atoms with E-state index in [0.717, 1.165) is 6.42 Å². The summed E-state index contributed by atoms with van der Waals surface area (Å²) >= 11 is 6.19. The zero-order chi connectivity index (χ0) is 24.9. The van der Waals surface area contributed by atoms with Gasteiger partial charge < -0.3 is 19.7 Å². The average Bonchev–Trinajstić information content (AvgIpc) is 2.87. The zero-order valence-corrected chi connectivity index (χ0v) is 20.1. The number of nitrogens with one attached hydrogen (secondary N) is 1. The predicted octanol–water partition coefficient (Wildman–Crippen LogP) is 5.58. The largest absolute Gasteiger partial charge is 0.495 e. The molecule has 7 nitrogen and oxygen atoms in total. The van der Waals surface area contributed by atoms with Crippen molar-refractivity contribution in [3.05, 3.63) is 82.6 Å². The Labute approximate surface area is 208 Å². The molecule has 182 valence electrons. The van der Waals surface area contributed by atoms with Crippen molar-refractivity contribution in [2.45, 2.75) is 13.0 Å². The Bertz CT molecular complexity index is 1240. The van der Waals surface area contributed by atoms with Gasteiger partial charge in [-0.2, -0.15) is 0 Å². The highest BCUT2D eigenvalue weighted by atomic mass is 35.5. The Morgan fingerprint density at radius 1 is 1.03 bits per heavy atom. The van der Waals surface area contributed by atoms with Gasteiger partial charge >= 0.3 is 6.03 Å². The molecule has 3 aromatic rings. The third-order valence-corrected chi connectivity index (χ3v) is 6.09. The van der Waals surface area contributed by atoms with Crippen LogP contribution in [0.4, 0.5) is 20.6 Å². The zero-order valence-electron chi connectivity index (χ0n) is 19.4. The summed E-state index contributed by atoms with van der Waals surface area (Å²) in [7, 11) is 2.98. The van der Waals surface area contributed by atoms with E-state index in [2.05, 4.69) is 5.32 Å². The van der Waals surface area contributed by atoms with Crippen LogP contribution in [0.5, 0.6) is 11.5 Å². The molecule has 1 heterocycles. The Morgan fingerprint density at radius 2 is 1.74 bits per heavy atom. The van der Waals surface area contributed by atoms with Crippen LogP contribution in [0, 0.1) is 5.82 Å². The van der Waals surface area contributed by atoms with Crippen LogP contribution < -0.4 is 19.7 Å². The van der Waals surface area contributed by atoms with Gasteiger partial charge in [-0.3, -0.25) is 9.69 Å². The highest BCUT2D eigenvalue weighted by Crippen LogP contribution is 2.36. The summed E-state index contributed by atoms with van der Waals surface area (Å²) in [5, 5.41) is 3.12. The van der Waals surface area contributed by atoms with Crippen molar-refractivity contribution in [3.63, 3.8) is 0 Å². The first-order valence-corrected chi connectivity index (χ1v) is 11.4. The van der Waals surface area contributed by atoms with E-state index in [9.17, 15) is 14.0 Å². The minimum absolute atomic E-state index is 0.200. The number of carbonyl (C=O) groups is 2. The normalized spacial score (nSPS) is 13.5. The molecule has 1 aliphatic rings. The van der Waals surface area contributed by atoms with Gasteiger partial charge in [0.1, 0.15) is 17.3 Å². The lowest BCUT2D eigenvalue weighted by Gasteiger charge is -2.35. The molecule has 3 amide bonds.